The fourth-order valence-corrected chi connectivity index (χ4v) is 5.41. The van der Waals surface area contributed by atoms with Gasteiger partial charge in [-0.3, -0.25) is 17.2 Å². The van der Waals surface area contributed by atoms with Gasteiger partial charge in [-0.05, 0) is 49.6 Å². The molecule has 1 heterocycles. The average Bonchev–Trinajstić information content (AvgIpc) is 3.38. The zero-order valence-electron chi connectivity index (χ0n) is 27.2. The number of hydrogen-bond acceptors (Lipinski definition) is 0. The van der Waals surface area contributed by atoms with Crippen LogP contribution in [-0.2, 0) is 32.7 Å². The molecule has 0 unspecified atom stereocenters. The molecule has 1 aliphatic rings. The van der Waals surface area contributed by atoms with E-state index >= 15 is 0 Å². The largest absolute Gasteiger partial charge is 0.317 e. The van der Waals surface area contributed by atoms with Crippen LogP contribution in [0.5, 0.6) is 0 Å². The van der Waals surface area contributed by atoms with Crippen molar-refractivity contribution in [2.45, 2.75) is 69.7 Å². The molecule has 0 atom stereocenters. The van der Waals surface area contributed by atoms with Gasteiger partial charge in [0.05, 0.1) is 5.52 Å². The van der Waals surface area contributed by atoms with Crippen molar-refractivity contribution in [2.75, 3.05) is 0 Å². The number of benzene rings is 2. The Balaban J connectivity index is 0.000000934. The zero-order chi connectivity index (χ0) is 30.7. The molecule has 1 radical (unpaired) electrons. The summed E-state index contributed by atoms with van der Waals surface area (Å²) in [6.07, 6.45) is 15.3. The Morgan fingerprint density at radius 1 is 0.930 bits per heavy atom. The van der Waals surface area contributed by atoms with E-state index in [-0.39, 0.29) is 45.6 Å². The fraction of sp³-hybridized carbons (Fsp3) is 0.268. The van der Waals surface area contributed by atoms with Gasteiger partial charge in [0.15, 0.2) is 0 Å². The van der Waals surface area contributed by atoms with Crippen molar-refractivity contribution in [3.63, 3.8) is 0 Å². The molecule has 4 rings (SSSR count). The molecule has 2 aromatic carbocycles. The molecule has 3 aromatic rings. The van der Waals surface area contributed by atoms with E-state index in [9.17, 15) is 0 Å². The summed E-state index contributed by atoms with van der Waals surface area (Å²) in [5.74, 6) is 0. The predicted molar refractivity (Wildman–Crippen MR) is 191 cm³/mol. The number of allylic oxidation sites excluding steroid dienone is 12. The number of aromatic nitrogens is 1. The smallest absolute Gasteiger partial charge is 0.0534 e. The molecule has 225 valence electrons. The number of nitrogens with zero attached hydrogens (tertiary/aromatic N) is 1. The van der Waals surface area contributed by atoms with Gasteiger partial charge in [0.1, 0.15) is 0 Å². The van der Waals surface area contributed by atoms with Crippen LogP contribution in [0.2, 0.25) is 0 Å². The first kappa shape index (κ1) is 40.0. The van der Waals surface area contributed by atoms with Crippen molar-refractivity contribution in [3.05, 3.63) is 150 Å². The minimum absolute atomic E-state index is 0. The van der Waals surface area contributed by atoms with E-state index in [1.165, 1.54) is 50.1 Å². The summed E-state index contributed by atoms with van der Waals surface area (Å²) >= 11 is 0. The van der Waals surface area contributed by atoms with Crippen LogP contribution >= 0.6 is 0 Å². The Morgan fingerprint density at radius 3 is 2.07 bits per heavy atom. The first-order chi connectivity index (χ1) is 19.7. The summed E-state index contributed by atoms with van der Waals surface area (Å²) < 4.78 is 2.33. The van der Waals surface area contributed by atoms with E-state index in [1.807, 2.05) is 82.3 Å². The van der Waals surface area contributed by atoms with Crippen LogP contribution in [0, 0.1) is 24.5 Å². The van der Waals surface area contributed by atoms with Crippen molar-refractivity contribution in [1.29, 1.82) is 0 Å². The van der Waals surface area contributed by atoms with Gasteiger partial charge in [-0.25, -0.2) is 18.2 Å². The van der Waals surface area contributed by atoms with Crippen molar-refractivity contribution < 1.29 is 32.7 Å². The van der Waals surface area contributed by atoms with Crippen LogP contribution in [0.1, 0.15) is 79.6 Å². The zero-order valence-corrected chi connectivity index (χ0v) is 30.1. The molecule has 0 aliphatic heterocycles. The number of fused-ring (bicyclic) bond motifs is 1. The third-order valence-corrected chi connectivity index (χ3v) is 7.68. The van der Waals surface area contributed by atoms with Gasteiger partial charge >= 0.3 is 0 Å². The fourth-order valence-electron chi connectivity index (χ4n) is 5.41. The second kappa shape index (κ2) is 18.6. The van der Waals surface area contributed by atoms with Crippen LogP contribution in [0.25, 0.3) is 28.2 Å². The van der Waals surface area contributed by atoms with Gasteiger partial charge in [-0.2, -0.15) is 18.2 Å². The van der Waals surface area contributed by atoms with Crippen LogP contribution < -0.4 is 0 Å². The minimum atomic E-state index is -0.0303. The summed E-state index contributed by atoms with van der Waals surface area (Å²) in [6, 6.07) is 19.6. The van der Waals surface area contributed by atoms with Gasteiger partial charge < -0.3 is 4.57 Å². The first-order valence-electron chi connectivity index (χ1n) is 14.4. The molecule has 43 heavy (non-hydrogen) atoms. The molecule has 0 saturated carbocycles. The SMILES string of the molecule is C.C=CC1=C(C=C)C(C)(C)C(C)=C1/C=C(\C)n1c(C)c(C=C)c2ccccc21.CC.C[C-]=C(/C=C\C)c1[c-]cccc1.[Y]. The second-order valence-electron chi connectivity index (χ2n) is 10.2. The van der Waals surface area contributed by atoms with Crippen molar-refractivity contribution in [3.8, 4) is 0 Å². The normalized spacial score (nSPS) is 14.3. The molecule has 1 aliphatic carbocycles. The molecule has 1 nitrogen and oxygen atoms in total. The monoisotopic (exact) mass is 646 g/mol. The topological polar surface area (TPSA) is 4.93 Å². The maximum atomic E-state index is 4.07. The van der Waals surface area contributed by atoms with E-state index in [0.717, 1.165) is 11.1 Å². The van der Waals surface area contributed by atoms with Gasteiger partial charge in [0.25, 0.3) is 0 Å². The molecule has 0 fully saturated rings. The first-order valence-corrected chi connectivity index (χ1v) is 14.4. The number of para-hydroxylation sites is 1. The average molecular weight is 647 g/mol. The maximum absolute atomic E-state index is 4.07. The Bertz CT molecular complexity index is 1550. The number of rotatable bonds is 7. The van der Waals surface area contributed by atoms with Gasteiger partial charge in [0.2, 0.25) is 0 Å². The maximum Gasteiger partial charge on any atom is 0.0534 e. The summed E-state index contributed by atoms with van der Waals surface area (Å²) in [5, 5.41) is 1.24. The van der Waals surface area contributed by atoms with E-state index in [1.54, 1.807) is 0 Å². The van der Waals surface area contributed by atoms with Crippen LogP contribution in [0.3, 0.4) is 0 Å². The van der Waals surface area contributed by atoms with Gasteiger partial charge in [-0.15, -0.1) is 13.0 Å². The molecule has 2 heteroatoms. The Labute approximate surface area is 288 Å². The van der Waals surface area contributed by atoms with Crippen molar-refractivity contribution in [1.82, 2.24) is 4.57 Å². The molecule has 1 aromatic heterocycles. The van der Waals surface area contributed by atoms with Gasteiger partial charge in [0, 0.05) is 60.5 Å². The van der Waals surface area contributed by atoms with E-state index in [2.05, 4.69) is 101 Å². The minimum Gasteiger partial charge on any atom is -0.317 e. The van der Waals surface area contributed by atoms with E-state index in [0.29, 0.717) is 0 Å². The van der Waals surface area contributed by atoms with Crippen molar-refractivity contribution in [2.24, 2.45) is 5.41 Å². The molecule has 0 amide bonds. The summed E-state index contributed by atoms with van der Waals surface area (Å²) in [6.45, 7) is 31.1. The summed E-state index contributed by atoms with van der Waals surface area (Å²) in [5.41, 5.74) is 12.0. The quantitative estimate of drug-likeness (QED) is 0.178. The Morgan fingerprint density at radius 2 is 1.56 bits per heavy atom. The molecule has 0 saturated heterocycles. The van der Waals surface area contributed by atoms with Gasteiger partial charge in [-0.1, -0.05) is 104 Å². The van der Waals surface area contributed by atoms with E-state index in [4.69, 9.17) is 0 Å². The van der Waals surface area contributed by atoms with Crippen LogP contribution in [0.15, 0.2) is 121 Å². The molecule has 0 bridgehead atoms. The predicted octanol–water partition coefficient (Wildman–Crippen LogP) is 12.4. The standard InChI is InChI=1S/C26H29N.C12H12.C2H6.CH4.Y/c1-9-20-19(6)27(25-15-13-12-14-22(20)25)17(4)16-23-18(5)26(7,8)24(11-3)21(23)10-2;1-3-8-11(4-2)12-9-6-5-7-10-12;1-2;;/h9-16H,1-3H2,4-8H3;3,5-9H,1-2H3;1-2H3;1H4;/q;-2;;;/b17-16+;8-3-;;;. The van der Waals surface area contributed by atoms with Crippen molar-refractivity contribution >= 4 is 28.2 Å². The summed E-state index contributed by atoms with van der Waals surface area (Å²) in [7, 11) is 0. The molecular weight excluding hydrogens is 595 g/mol. The molecule has 0 spiro atoms. The molecule has 0 N–H and O–H groups in total. The Hall–Kier alpha value is -3.00. The molecular formula is C41H51NY-2. The third kappa shape index (κ3) is 8.56. The Kier molecular flexibility index (Phi) is 17.3. The third-order valence-electron chi connectivity index (χ3n) is 7.68. The van der Waals surface area contributed by atoms with Crippen LogP contribution in [-0.4, -0.2) is 4.57 Å². The summed E-state index contributed by atoms with van der Waals surface area (Å²) in [4.78, 5) is 0. The van der Waals surface area contributed by atoms with Crippen LogP contribution in [0.4, 0.5) is 0 Å². The number of hydrogen-bond donors (Lipinski definition) is 0. The second-order valence-corrected chi connectivity index (χ2v) is 10.2. The van der Waals surface area contributed by atoms with E-state index < -0.39 is 0 Å².